The van der Waals surface area contributed by atoms with E-state index >= 15 is 0 Å². The molecule has 2 nitrogen and oxygen atoms in total. The molecule has 0 bridgehead atoms. The van der Waals surface area contributed by atoms with Gasteiger partial charge in [-0.05, 0) is 0 Å². The van der Waals surface area contributed by atoms with Crippen LogP contribution in [-0.4, -0.2) is 11.9 Å². The number of rotatable bonds is 2. The number of allylic oxidation sites excluding steroid dienone is 2. The molecule has 1 atom stereocenters. The Morgan fingerprint density at radius 3 is 2.47 bits per heavy atom. The summed E-state index contributed by atoms with van der Waals surface area (Å²) in [5, 5.41) is 2.96. The molecule has 99 valence electrons. The number of methoxy groups -OCH3 is 1. The van der Waals surface area contributed by atoms with Gasteiger partial charge >= 0.3 is 0 Å². The van der Waals surface area contributed by atoms with E-state index in [0.717, 1.165) is 5.70 Å². The van der Waals surface area contributed by atoms with Crippen molar-refractivity contribution in [2.24, 2.45) is 0 Å². The van der Waals surface area contributed by atoms with Gasteiger partial charge in [-0.3, -0.25) is 0 Å². The molecular weight excluding hydrogens is 393 g/mol. The maximum Gasteiger partial charge on any atom is 0.187 e. The molecule has 0 aliphatic carbocycles. The molecule has 0 saturated heterocycles. The SMILES string of the molecule is C=C1NC(c2cc(F)c(OC)c(F)c2)=[C-]CC1Br.[Y]. The zero-order valence-electron chi connectivity index (χ0n) is 10.3. The topological polar surface area (TPSA) is 21.3 Å². The van der Waals surface area contributed by atoms with Crippen LogP contribution in [0.3, 0.4) is 0 Å². The minimum absolute atomic E-state index is 0. The second-order valence-corrected chi connectivity index (χ2v) is 4.95. The summed E-state index contributed by atoms with van der Waals surface area (Å²) in [6, 6.07) is 2.41. The number of benzene rings is 1. The Bertz CT molecular complexity index is 510. The fourth-order valence-electron chi connectivity index (χ4n) is 1.67. The molecule has 1 aliphatic heterocycles. The van der Waals surface area contributed by atoms with Crippen molar-refractivity contribution in [2.45, 2.75) is 11.2 Å². The average molecular weight is 404 g/mol. The van der Waals surface area contributed by atoms with E-state index in [-0.39, 0.29) is 43.3 Å². The number of hydrogen-bond acceptors (Lipinski definition) is 2. The normalized spacial score (nSPS) is 18.2. The maximum atomic E-state index is 13.6. The predicted octanol–water partition coefficient (Wildman–Crippen LogP) is 3.39. The Morgan fingerprint density at radius 2 is 2.00 bits per heavy atom. The van der Waals surface area contributed by atoms with Gasteiger partial charge in [0.15, 0.2) is 17.4 Å². The van der Waals surface area contributed by atoms with Crippen LogP contribution in [-0.2, 0) is 32.7 Å². The van der Waals surface area contributed by atoms with E-state index in [1.54, 1.807) is 0 Å². The van der Waals surface area contributed by atoms with E-state index < -0.39 is 11.6 Å². The van der Waals surface area contributed by atoms with Crippen molar-refractivity contribution in [3.05, 3.63) is 47.7 Å². The molecule has 19 heavy (non-hydrogen) atoms. The number of hydrogen-bond donors (Lipinski definition) is 1. The second-order valence-electron chi connectivity index (χ2n) is 3.85. The zero-order chi connectivity index (χ0) is 13.3. The number of nitrogens with one attached hydrogen (secondary N) is 1. The monoisotopic (exact) mass is 403 g/mol. The largest absolute Gasteiger partial charge is 0.491 e. The predicted molar refractivity (Wildman–Crippen MR) is 69.2 cm³/mol. The quantitative estimate of drug-likeness (QED) is 0.603. The Labute approximate surface area is 144 Å². The molecule has 0 aromatic heterocycles. The van der Waals surface area contributed by atoms with Crippen LogP contribution in [0.15, 0.2) is 24.4 Å². The van der Waals surface area contributed by atoms with Crippen LogP contribution in [0.25, 0.3) is 5.70 Å². The van der Waals surface area contributed by atoms with Crippen LogP contribution in [0, 0.1) is 17.7 Å². The first-order valence-electron chi connectivity index (χ1n) is 5.27. The van der Waals surface area contributed by atoms with Crippen molar-refractivity contribution in [1.82, 2.24) is 5.32 Å². The molecule has 6 heteroatoms. The van der Waals surface area contributed by atoms with Crippen LogP contribution >= 0.6 is 15.9 Å². The molecule has 1 unspecified atom stereocenters. The van der Waals surface area contributed by atoms with E-state index in [4.69, 9.17) is 0 Å². The molecule has 1 aromatic carbocycles. The van der Waals surface area contributed by atoms with Gasteiger partial charge in [-0.2, -0.15) is 0 Å². The molecule has 0 amide bonds. The fraction of sp³-hybridized carbons (Fsp3) is 0.231. The van der Waals surface area contributed by atoms with Crippen LogP contribution in [0.2, 0.25) is 0 Å². The van der Waals surface area contributed by atoms with Crippen molar-refractivity contribution < 1.29 is 46.2 Å². The average Bonchev–Trinajstić information content (AvgIpc) is 2.32. The Kier molecular flexibility index (Phi) is 6.15. The molecule has 0 fully saturated rings. The van der Waals surface area contributed by atoms with E-state index in [2.05, 4.69) is 38.6 Å². The van der Waals surface area contributed by atoms with Crippen molar-refractivity contribution in [3.8, 4) is 5.75 Å². The number of halogens is 3. The van der Waals surface area contributed by atoms with Crippen LogP contribution < -0.4 is 10.1 Å². The van der Waals surface area contributed by atoms with Gasteiger partial charge in [-0.15, -0.1) is 11.3 Å². The van der Waals surface area contributed by atoms with Crippen LogP contribution in [0.4, 0.5) is 8.78 Å². The Balaban J connectivity index is 0.00000180. The summed E-state index contributed by atoms with van der Waals surface area (Å²) in [6.45, 7) is 3.82. The second kappa shape index (κ2) is 6.96. The molecule has 1 heterocycles. The number of alkyl halides is 1. The van der Waals surface area contributed by atoms with Gasteiger partial charge in [0, 0.05) is 43.2 Å². The fourth-order valence-corrected chi connectivity index (χ4v) is 1.95. The smallest absolute Gasteiger partial charge is 0.187 e. The maximum absolute atomic E-state index is 13.6. The standard InChI is InChI=1S/C13H11BrF2NO.Y/c1-7-9(14)3-4-12(17-7)8-5-10(15)13(18-2)11(16)6-8;/h5-6,9,17H,1,3H2,2H3;/q-1;. The van der Waals surface area contributed by atoms with Crippen LogP contribution in [0.1, 0.15) is 12.0 Å². The summed E-state index contributed by atoms with van der Waals surface area (Å²) < 4.78 is 31.8. The molecular formula is C13H11BrF2NOY-. The molecule has 1 radical (unpaired) electrons. The Morgan fingerprint density at radius 1 is 1.42 bits per heavy atom. The van der Waals surface area contributed by atoms with Gasteiger partial charge in [0.2, 0.25) is 0 Å². The van der Waals surface area contributed by atoms with E-state index in [0.29, 0.717) is 17.7 Å². The Hall–Kier alpha value is -0.256. The first-order chi connectivity index (χ1) is 8.52. The summed E-state index contributed by atoms with van der Waals surface area (Å²) in [6.07, 6.45) is 3.62. The van der Waals surface area contributed by atoms with E-state index in [1.807, 2.05) is 0 Å². The summed E-state index contributed by atoms with van der Waals surface area (Å²) >= 11 is 3.40. The summed E-state index contributed by atoms with van der Waals surface area (Å²) in [4.78, 5) is 0.0780. The molecule has 2 rings (SSSR count). The van der Waals surface area contributed by atoms with Gasteiger partial charge in [0.05, 0.1) is 7.11 Å². The third-order valence-corrected chi connectivity index (χ3v) is 3.49. The first kappa shape index (κ1) is 16.8. The van der Waals surface area contributed by atoms with Gasteiger partial charge < -0.3 is 10.1 Å². The summed E-state index contributed by atoms with van der Waals surface area (Å²) in [5.41, 5.74) is 1.64. The molecule has 1 aromatic rings. The molecule has 1 aliphatic rings. The minimum atomic E-state index is -0.741. The van der Waals surface area contributed by atoms with Gasteiger partial charge in [-0.25, -0.2) is 14.9 Å². The third-order valence-electron chi connectivity index (χ3n) is 2.61. The minimum Gasteiger partial charge on any atom is -0.491 e. The van der Waals surface area contributed by atoms with Crippen molar-refractivity contribution in [2.75, 3.05) is 7.11 Å². The van der Waals surface area contributed by atoms with E-state index in [9.17, 15) is 8.78 Å². The summed E-state index contributed by atoms with van der Waals surface area (Å²) in [5.74, 6) is -1.86. The zero-order valence-corrected chi connectivity index (χ0v) is 14.7. The molecule has 1 N–H and O–H groups in total. The number of ether oxygens (including phenoxy) is 1. The van der Waals surface area contributed by atoms with Gasteiger partial charge in [0.25, 0.3) is 0 Å². The van der Waals surface area contributed by atoms with Gasteiger partial charge in [0.1, 0.15) is 0 Å². The summed E-state index contributed by atoms with van der Waals surface area (Å²) in [7, 11) is 1.22. The van der Waals surface area contributed by atoms with Crippen molar-refractivity contribution in [1.29, 1.82) is 0 Å². The van der Waals surface area contributed by atoms with Gasteiger partial charge in [-0.1, -0.05) is 41.1 Å². The molecule has 0 spiro atoms. The van der Waals surface area contributed by atoms with E-state index in [1.165, 1.54) is 19.2 Å². The van der Waals surface area contributed by atoms with Crippen molar-refractivity contribution in [3.63, 3.8) is 0 Å². The van der Waals surface area contributed by atoms with Crippen LogP contribution in [0.5, 0.6) is 5.75 Å². The van der Waals surface area contributed by atoms with Crippen molar-refractivity contribution >= 4 is 21.6 Å². The molecule has 0 saturated carbocycles. The third kappa shape index (κ3) is 3.64. The first-order valence-corrected chi connectivity index (χ1v) is 6.18.